The lowest BCUT2D eigenvalue weighted by Crippen LogP contribution is -2.44. The van der Waals surface area contributed by atoms with Gasteiger partial charge in [-0.3, -0.25) is 4.79 Å². The summed E-state index contributed by atoms with van der Waals surface area (Å²) in [6, 6.07) is 0.635. The van der Waals surface area contributed by atoms with Crippen molar-refractivity contribution in [1.82, 2.24) is 10.2 Å². The third kappa shape index (κ3) is 3.35. The Kier molecular flexibility index (Phi) is 4.22. The number of hydrogen-bond acceptors (Lipinski definition) is 2. The van der Waals surface area contributed by atoms with Gasteiger partial charge in [-0.15, -0.1) is 0 Å². The molecule has 0 spiro atoms. The highest BCUT2D eigenvalue weighted by Crippen LogP contribution is 2.09. The molecule has 1 amide bonds. The van der Waals surface area contributed by atoms with Gasteiger partial charge in [-0.2, -0.15) is 0 Å². The summed E-state index contributed by atoms with van der Waals surface area (Å²) in [5, 5.41) is 3.49. The Balaban J connectivity index is 2.18. The molecule has 1 aliphatic heterocycles. The van der Waals surface area contributed by atoms with E-state index in [1.165, 1.54) is 6.42 Å². The Morgan fingerprint density at radius 2 is 2.08 bits per heavy atom. The number of likely N-dealkylation sites (tertiary alicyclic amines) is 1. The highest BCUT2D eigenvalue weighted by molar-refractivity contribution is 5.73. The third-order valence-corrected chi connectivity index (χ3v) is 2.62. The molecule has 0 unspecified atom stereocenters. The maximum absolute atomic E-state index is 11.0. The highest BCUT2D eigenvalue weighted by atomic mass is 16.2. The first-order valence-corrected chi connectivity index (χ1v) is 5.23. The number of rotatable bonds is 3. The minimum atomic E-state index is 0.217. The van der Waals surface area contributed by atoms with E-state index in [1.807, 2.05) is 4.90 Å². The summed E-state index contributed by atoms with van der Waals surface area (Å²) >= 11 is 0. The fourth-order valence-electron chi connectivity index (χ4n) is 1.75. The van der Waals surface area contributed by atoms with Crippen molar-refractivity contribution in [3.8, 4) is 0 Å². The molecule has 0 saturated carbocycles. The van der Waals surface area contributed by atoms with Crippen LogP contribution in [-0.2, 0) is 4.79 Å². The lowest BCUT2D eigenvalue weighted by Gasteiger charge is -2.31. The first kappa shape index (κ1) is 10.5. The van der Waals surface area contributed by atoms with Crippen LogP contribution in [0.2, 0.25) is 0 Å². The molecule has 0 aromatic rings. The Bertz CT molecular complexity index is 162. The van der Waals surface area contributed by atoms with Crippen molar-refractivity contribution >= 4 is 5.91 Å². The van der Waals surface area contributed by atoms with Crippen LogP contribution < -0.4 is 5.32 Å². The van der Waals surface area contributed by atoms with Gasteiger partial charge in [0.2, 0.25) is 5.91 Å². The van der Waals surface area contributed by atoms with E-state index in [-0.39, 0.29) is 5.91 Å². The van der Waals surface area contributed by atoms with Crippen LogP contribution in [0.3, 0.4) is 0 Å². The Morgan fingerprint density at radius 3 is 2.54 bits per heavy atom. The lowest BCUT2D eigenvalue weighted by molar-refractivity contribution is -0.129. The van der Waals surface area contributed by atoms with Gasteiger partial charge in [0.15, 0.2) is 0 Å². The van der Waals surface area contributed by atoms with Gasteiger partial charge in [-0.25, -0.2) is 0 Å². The van der Waals surface area contributed by atoms with Crippen molar-refractivity contribution in [2.75, 3.05) is 19.6 Å². The van der Waals surface area contributed by atoms with E-state index in [0.717, 1.165) is 32.5 Å². The van der Waals surface area contributed by atoms with Gasteiger partial charge in [0.1, 0.15) is 0 Å². The van der Waals surface area contributed by atoms with Crippen LogP contribution in [0.15, 0.2) is 0 Å². The van der Waals surface area contributed by atoms with Crippen molar-refractivity contribution in [2.24, 2.45) is 0 Å². The van der Waals surface area contributed by atoms with Crippen molar-refractivity contribution in [2.45, 2.75) is 39.2 Å². The number of nitrogens with one attached hydrogen (secondary N) is 1. The average molecular weight is 184 g/mol. The van der Waals surface area contributed by atoms with Gasteiger partial charge in [0, 0.05) is 26.1 Å². The molecule has 3 heteroatoms. The predicted octanol–water partition coefficient (Wildman–Crippen LogP) is 0.997. The van der Waals surface area contributed by atoms with E-state index in [2.05, 4.69) is 12.2 Å². The van der Waals surface area contributed by atoms with E-state index >= 15 is 0 Å². The maximum Gasteiger partial charge on any atom is 0.219 e. The number of piperidine rings is 1. The quantitative estimate of drug-likeness (QED) is 0.709. The van der Waals surface area contributed by atoms with E-state index in [9.17, 15) is 4.79 Å². The molecule has 1 heterocycles. The van der Waals surface area contributed by atoms with Crippen LogP contribution in [-0.4, -0.2) is 36.5 Å². The smallest absolute Gasteiger partial charge is 0.219 e. The largest absolute Gasteiger partial charge is 0.343 e. The molecule has 1 rings (SSSR count). The molecule has 1 N–H and O–H groups in total. The summed E-state index contributed by atoms with van der Waals surface area (Å²) in [7, 11) is 0. The molecule has 76 valence electrons. The second-order valence-corrected chi connectivity index (χ2v) is 3.73. The Labute approximate surface area is 80.5 Å². The third-order valence-electron chi connectivity index (χ3n) is 2.62. The Hall–Kier alpha value is -0.570. The molecule has 13 heavy (non-hydrogen) atoms. The molecular weight excluding hydrogens is 164 g/mol. The zero-order chi connectivity index (χ0) is 9.68. The van der Waals surface area contributed by atoms with Crippen molar-refractivity contribution < 1.29 is 4.79 Å². The zero-order valence-corrected chi connectivity index (χ0v) is 8.68. The molecule has 3 nitrogen and oxygen atoms in total. The van der Waals surface area contributed by atoms with Crippen LogP contribution in [0.4, 0.5) is 0 Å². The Morgan fingerprint density at radius 1 is 1.46 bits per heavy atom. The second kappa shape index (κ2) is 5.22. The summed E-state index contributed by atoms with van der Waals surface area (Å²) in [6.45, 7) is 6.79. The first-order valence-electron chi connectivity index (χ1n) is 5.23. The number of nitrogens with zero attached hydrogens (tertiary/aromatic N) is 1. The van der Waals surface area contributed by atoms with Crippen molar-refractivity contribution in [1.29, 1.82) is 0 Å². The standard InChI is InChI=1S/C10H20N2O/c1-3-6-11-10-4-7-12(8-5-10)9(2)13/h10-11H,3-8H2,1-2H3. The maximum atomic E-state index is 11.0. The highest BCUT2D eigenvalue weighted by Gasteiger charge is 2.19. The number of amides is 1. The first-order chi connectivity index (χ1) is 6.24. The molecule has 0 aliphatic carbocycles. The summed E-state index contributed by atoms with van der Waals surface area (Å²) < 4.78 is 0. The molecule has 0 aromatic heterocycles. The SMILES string of the molecule is CCCNC1CCN(C(C)=O)CC1. The van der Waals surface area contributed by atoms with Crippen molar-refractivity contribution in [3.05, 3.63) is 0 Å². The number of carbonyl (C=O) groups excluding carboxylic acids is 1. The van der Waals surface area contributed by atoms with Gasteiger partial charge in [0.05, 0.1) is 0 Å². The van der Waals surface area contributed by atoms with Crippen molar-refractivity contribution in [3.63, 3.8) is 0 Å². The normalized spacial score (nSPS) is 19.1. The minimum Gasteiger partial charge on any atom is -0.343 e. The fourth-order valence-corrected chi connectivity index (χ4v) is 1.75. The molecule has 1 fully saturated rings. The molecule has 1 aliphatic rings. The summed E-state index contributed by atoms with van der Waals surface area (Å²) in [6.07, 6.45) is 3.41. The van der Waals surface area contributed by atoms with Gasteiger partial charge < -0.3 is 10.2 Å². The van der Waals surface area contributed by atoms with Gasteiger partial charge in [-0.05, 0) is 25.8 Å². The van der Waals surface area contributed by atoms with Gasteiger partial charge >= 0.3 is 0 Å². The van der Waals surface area contributed by atoms with E-state index in [4.69, 9.17) is 0 Å². The number of carbonyl (C=O) groups is 1. The van der Waals surface area contributed by atoms with Crippen LogP contribution in [0.5, 0.6) is 0 Å². The zero-order valence-electron chi connectivity index (χ0n) is 8.68. The molecular formula is C10H20N2O. The molecule has 0 radical (unpaired) electrons. The molecule has 1 saturated heterocycles. The predicted molar refractivity (Wildman–Crippen MR) is 53.6 cm³/mol. The molecule has 0 atom stereocenters. The summed E-state index contributed by atoms with van der Waals surface area (Å²) in [4.78, 5) is 13.0. The monoisotopic (exact) mass is 184 g/mol. The fraction of sp³-hybridized carbons (Fsp3) is 0.900. The van der Waals surface area contributed by atoms with E-state index in [1.54, 1.807) is 6.92 Å². The topological polar surface area (TPSA) is 32.3 Å². The van der Waals surface area contributed by atoms with Crippen LogP contribution >= 0.6 is 0 Å². The second-order valence-electron chi connectivity index (χ2n) is 3.73. The lowest BCUT2D eigenvalue weighted by atomic mass is 10.1. The van der Waals surface area contributed by atoms with E-state index in [0.29, 0.717) is 6.04 Å². The van der Waals surface area contributed by atoms with Crippen LogP contribution in [0.1, 0.15) is 33.1 Å². The average Bonchev–Trinajstić information content (AvgIpc) is 2.15. The van der Waals surface area contributed by atoms with Gasteiger partial charge in [-0.1, -0.05) is 6.92 Å². The van der Waals surface area contributed by atoms with Crippen LogP contribution in [0.25, 0.3) is 0 Å². The molecule has 0 aromatic carbocycles. The summed E-state index contributed by atoms with van der Waals surface area (Å²) in [5.74, 6) is 0.217. The van der Waals surface area contributed by atoms with E-state index < -0.39 is 0 Å². The summed E-state index contributed by atoms with van der Waals surface area (Å²) in [5.41, 5.74) is 0. The minimum absolute atomic E-state index is 0.217. The number of hydrogen-bond donors (Lipinski definition) is 1. The van der Waals surface area contributed by atoms with Gasteiger partial charge in [0.25, 0.3) is 0 Å². The molecule has 0 bridgehead atoms. The van der Waals surface area contributed by atoms with Crippen LogP contribution in [0, 0.1) is 0 Å².